The Bertz CT molecular complexity index is 997. The monoisotopic (exact) mass is 426 g/mol. The third-order valence-electron chi connectivity index (χ3n) is 4.98. The number of hydrogen-bond donors (Lipinski definition) is 3. The molecule has 3 amide bonds. The lowest BCUT2D eigenvalue weighted by molar-refractivity contribution is -0.113. The molecule has 156 valence electrons. The number of ether oxygens (including phenoxy) is 1. The van der Waals surface area contributed by atoms with Gasteiger partial charge in [-0.2, -0.15) is 0 Å². The quantitative estimate of drug-likeness (QED) is 0.483. The molecule has 1 saturated heterocycles. The molecule has 30 heavy (non-hydrogen) atoms. The van der Waals surface area contributed by atoms with E-state index in [0.29, 0.717) is 54.3 Å². The van der Waals surface area contributed by atoms with Crippen molar-refractivity contribution < 1.29 is 19.1 Å². The van der Waals surface area contributed by atoms with E-state index in [1.54, 1.807) is 35.2 Å². The lowest BCUT2D eigenvalue weighted by Gasteiger charge is -2.20. The standard InChI is InChI=1S/C21H22N4O4S/c22-16-6-2-1-5-15(16)20(27)23-9-3-4-14-11-25(21(28)29-14)13-7-8-18-17(10-13)24-19(26)12-30-18/h1-2,5-8,10,14H,3-4,9,11-12,22H2,(H,23,27)(H,24,26)/t14-/m0/s1. The van der Waals surface area contributed by atoms with Gasteiger partial charge >= 0.3 is 6.09 Å². The van der Waals surface area contributed by atoms with Gasteiger partial charge < -0.3 is 21.1 Å². The van der Waals surface area contributed by atoms with E-state index < -0.39 is 6.09 Å². The summed E-state index contributed by atoms with van der Waals surface area (Å²) in [6.45, 7) is 0.890. The molecule has 2 aromatic carbocycles. The summed E-state index contributed by atoms with van der Waals surface area (Å²) in [5, 5.41) is 5.67. The normalized spacial score (nSPS) is 17.9. The Hall–Kier alpha value is -3.20. The molecule has 8 nitrogen and oxygen atoms in total. The van der Waals surface area contributed by atoms with E-state index >= 15 is 0 Å². The van der Waals surface area contributed by atoms with Gasteiger partial charge in [0.25, 0.3) is 5.91 Å². The number of benzene rings is 2. The number of amides is 3. The number of rotatable bonds is 6. The highest BCUT2D eigenvalue weighted by Crippen LogP contribution is 2.35. The zero-order valence-electron chi connectivity index (χ0n) is 16.2. The van der Waals surface area contributed by atoms with Crippen molar-refractivity contribution in [3.05, 3.63) is 48.0 Å². The number of hydrogen-bond acceptors (Lipinski definition) is 6. The number of fused-ring (bicyclic) bond motifs is 1. The number of nitrogens with one attached hydrogen (secondary N) is 2. The van der Waals surface area contributed by atoms with Gasteiger partial charge in [-0.1, -0.05) is 12.1 Å². The molecular formula is C21H22N4O4S. The van der Waals surface area contributed by atoms with E-state index in [4.69, 9.17) is 10.5 Å². The van der Waals surface area contributed by atoms with Crippen LogP contribution in [0, 0.1) is 0 Å². The van der Waals surface area contributed by atoms with E-state index in [1.165, 1.54) is 11.8 Å². The molecule has 2 aliphatic heterocycles. The molecule has 2 aromatic rings. The van der Waals surface area contributed by atoms with Crippen LogP contribution >= 0.6 is 11.8 Å². The van der Waals surface area contributed by atoms with E-state index in [-0.39, 0.29) is 17.9 Å². The smallest absolute Gasteiger partial charge is 0.414 e. The second kappa shape index (κ2) is 8.66. The Labute approximate surface area is 178 Å². The second-order valence-corrected chi connectivity index (χ2v) is 8.14. The number of cyclic esters (lactones) is 1. The maximum absolute atomic E-state index is 12.3. The number of carbonyl (C=O) groups excluding carboxylic acids is 3. The molecule has 0 aliphatic carbocycles. The minimum Gasteiger partial charge on any atom is -0.444 e. The lowest BCUT2D eigenvalue weighted by atomic mass is 10.1. The molecule has 1 fully saturated rings. The Morgan fingerprint density at radius 2 is 2.10 bits per heavy atom. The number of nitrogens with zero attached hydrogens (tertiary/aromatic N) is 1. The molecule has 0 radical (unpaired) electrons. The first kappa shape index (κ1) is 20.1. The topological polar surface area (TPSA) is 114 Å². The van der Waals surface area contributed by atoms with Gasteiger partial charge in [-0.3, -0.25) is 14.5 Å². The second-order valence-electron chi connectivity index (χ2n) is 7.12. The number of nitrogen functional groups attached to an aromatic ring is 1. The molecule has 4 N–H and O–H groups in total. The molecule has 2 heterocycles. The van der Waals surface area contributed by atoms with Crippen molar-refractivity contribution >= 4 is 46.7 Å². The lowest BCUT2D eigenvalue weighted by Crippen LogP contribution is -2.27. The van der Waals surface area contributed by atoms with Crippen LogP contribution in [-0.2, 0) is 9.53 Å². The Kier molecular flexibility index (Phi) is 5.80. The molecule has 1 atom stereocenters. The van der Waals surface area contributed by atoms with Crippen LogP contribution in [0.4, 0.5) is 21.9 Å². The van der Waals surface area contributed by atoms with Gasteiger partial charge in [0.1, 0.15) is 6.10 Å². The van der Waals surface area contributed by atoms with Crippen molar-refractivity contribution in [3.63, 3.8) is 0 Å². The Morgan fingerprint density at radius 3 is 2.93 bits per heavy atom. The first-order chi connectivity index (χ1) is 14.5. The van der Waals surface area contributed by atoms with Crippen LogP contribution in [0.2, 0.25) is 0 Å². The summed E-state index contributed by atoms with van der Waals surface area (Å²) in [6, 6.07) is 12.5. The maximum Gasteiger partial charge on any atom is 0.414 e. The Balaban J connectivity index is 1.28. The minimum atomic E-state index is -0.407. The van der Waals surface area contributed by atoms with E-state index in [9.17, 15) is 14.4 Å². The van der Waals surface area contributed by atoms with Crippen LogP contribution < -0.4 is 21.3 Å². The molecule has 0 bridgehead atoms. The van der Waals surface area contributed by atoms with Crippen LogP contribution in [0.1, 0.15) is 23.2 Å². The maximum atomic E-state index is 12.3. The van der Waals surface area contributed by atoms with Gasteiger partial charge in [0.2, 0.25) is 5.91 Å². The van der Waals surface area contributed by atoms with Crippen molar-refractivity contribution in [2.24, 2.45) is 0 Å². The summed E-state index contributed by atoms with van der Waals surface area (Å²) in [5.74, 6) is 0.131. The van der Waals surface area contributed by atoms with Gasteiger partial charge in [-0.05, 0) is 43.2 Å². The fourth-order valence-corrected chi connectivity index (χ4v) is 4.24. The van der Waals surface area contributed by atoms with Gasteiger partial charge in [-0.25, -0.2) is 4.79 Å². The highest BCUT2D eigenvalue weighted by Gasteiger charge is 2.32. The highest BCUT2D eigenvalue weighted by atomic mass is 32.2. The van der Waals surface area contributed by atoms with Crippen LogP contribution in [0.5, 0.6) is 0 Å². The van der Waals surface area contributed by atoms with Crippen LogP contribution in [0.3, 0.4) is 0 Å². The average Bonchev–Trinajstić information content (AvgIpc) is 3.11. The predicted octanol–water partition coefficient (Wildman–Crippen LogP) is 2.85. The summed E-state index contributed by atoms with van der Waals surface area (Å²) in [6.07, 6.45) is 0.637. The van der Waals surface area contributed by atoms with Gasteiger partial charge in [0, 0.05) is 22.8 Å². The van der Waals surface area contributed by atoms with E-state index in [1.807, 2.05) is 12.1 Å². The fraction of sp³-hybridized carbons (Fsp3) is 0.286. The van der Waals surface area contributed by atoms with Crippen LogP contribution in [-0.4, -0.2) is 42.9 Å². The molecule has 9 heteroatoms. The van der Waals surface area contributed by atoms with E-state index in [2.05, 4.69) is 10.6 Å². The fourth-order valence-electron chi connectivity index (χ4n) is 3.45. The molecule has 0 saturated carbocycles. The van der Waals surface area contributed by atoms with Crippen molar-refractivity contribution in [2.45, 2.75) is 23.8 Å². The first-order valence-electron chi connectivity index (χ1n) is 9.69. The first-order valence-corrected chi connectivity index (χ1v) is 10.7. The molecule has 0 aromatic heterocycles. The predicted molar refractivity (Wildman–Crippen MR) is 116 cm³/mol. The third kappa shape index (κ3) is 4.35. The number of para-hydroxylation sites is 1. The SMILES string of the molecule is Nc1ccccc1C(=O)NCCC[C@H]1CN(c2ccc3c(c2)NC(=O)CS3)C(=O)O1. The molecular weight excluding hydrogens is 404 g/mol. The Morgan fingerprint density at radius 1 is 1.27 bits per heavy atom. The van der Waals surface area contributed by atoms with Crippen molar-refractivity contribution in [3.8, 4) is 0 Å². The zero-order chi connectivity index (χ0) is 21.1. The summed E-state index contributed by atoms with van der Waals surface area (Å²) in [4.78, 5) is 38.6. The average molecular weight is 426 g/mol. The zero-order valence-corrected chi connectivity index (χ0v) is 17.0. The number of anilines is 3. The summed E-state index contributed by atoms with van der Waals surface area (Å²) >= 11 is 1.48. The minimum absolute atomic E-state index is 0.0502. The van der Waals surface area contributed by atoms with Crippen molar-refractivity contribution in [2.75, 3.05) is 34.8 Å². The summed E-state index contributed by atoms with van der Waals surface area (Å²) in [5.41, 5.74) is 8.11. The van der Waals surface area contributed by atoms with Gasteiger partial charge in [-0.15, -0.1) is 11.8 Å². The van der Waals surface area contributed by atoms with Crippen molar-refractivity contribution in [1.82, 2.24) is 5.32 Å². The van der Waals surface area contributed by atoms with Crippen LogP contribution in [0.15, 0.2) is 47.4 Å². The highest BCUT2D eigenvalue weighted by molar-refractivity contribution is 8.00. The molecule has 4 rings (SSSR count). The largest absolute Gasteiger partial charge is 0.444 e. The van der Waals surface area contributed by atoms with Crippen molar-refractivity contribution in [1.29, 1.82) is 0 Å². The third-order valence-corrected chi connectivity index (χ3v) is 6.05. The molecule has 0 unspecified atom stereocenters. The van der Waals surface area contributed by atoms with Gasteiger partial charge in [0.15, 0.2) is 0 Å². The molecule has 0 spiro atoms. The van der Waals surface area contributed by atoms with E-state index in [0.717, 1.165) is 4.90 Å². The summed E-state index contributed by atoms with van der Waals surface area (Å²) < 4.78 is 5.47. The number of thioether (sulfide) groups is 1. The summed E-state index contributed by atoms with van der Waals surface area (Å²) in [7, 11) is 0. The van der Waals surface area contributed by atoms with Gasteiger partial charge in [0.05, 0.1) is 23.5 Å². The van der Waals surface area contributed by atoms with Crippen LogP contribution in [0.25, 0.3) is 0 Å². The molecule has 2 aliphatic rings. The number of carbonyl (C=O) groups is 3. The number of nitrogens with two attached hydrogens (primary N) is 1.